The highest BCUT2D eigenvalue weighted by molar-refractivity contribution is 8.00. The van der Waals surface area contributed by atoms with E-state index >= 15 is 0 Å². The van der Waals surface area contributed by atoms with Gasteiger partial charge >= 0.3 is 18.2 Å². The number of hydrogen-bond acceptors (Lipinski definition) is 17. The number of anilines is 2. The molecule has 22 nitrogen and oxygen atoms in total. The summed E-state index contributed by atoms with van der Waals surface area (Å²) in [5, 5.41) is 20.7. The zero-order chi connectivity index (χ0) is 61.6. The van der Waals surface area contributed by atoms with Crippen molar-refractivity contribution in [1.29, 1.82) is 0 Å². The number of methoxy groups -OCH3 is 2. The van der Waals surface area contributed by atoms with Crippen LogP contribution in [0.4, 0.5) is 29.3 Å². The number of unbranched alkanes of at least 4 members (excludes halogenated alkanes) is 2. The number of nitrogens with one attached hydrogen (secondary N) is 3. The predicted octanol–water partition coefficient (Wildman–Crippen LogP) is 7.30. The smallest absolute Gasteiger partial charge is 0.417 e. The van der Waals surface area contributed by atoms with Gasteiger partial charge in [-0.1, -0.05) is 54.8 Å². The number of rotatable bonds is 17. The fourth-order valence-corrected chi connectivity index (χ4v) is 11.8. The molecule has 84 heavy (non-hydrogen) atoms. The molecule has 2 fully saturated rings. The zero-order valence-corrected chi connectivity index (χ0v) is 48.9. The molecule has 4 aliphatic heterocycles. The standard InChI is InChI=1S/C56H62ClF3N6O16S2/c1-30-12-11-13-43(79-7)55(74)28-40(80-53(73)62-55)31(2)51-54(4,82-51)44(27-48(70)65(5)38-23-33(22-30)24-39(78-6)50(38)57)81-49(71)29-83-41-18-15-34(25-37(41)56(58,59)60)32(3)63-64-52(72)36-17-16-35(26-42(36)84(75,76)77)61-45(67)14-9-8-10-21-66-46(68)19-20-47(66)69/h11-13,15-20,23-26,31,40,43-44,51,74H,8-10,14,21-22,27-29H2,1-7H3,(H,61,67)(H,62,73)(H,64,72)(H,75,76,77)/b13-11+,30-12+,63-32+/t31-,40+,43-,44+,51+,54+,55+/m1/s1. The second kappa shape index (κ2) is 26.4. The lowest BCUT2D eigenvalue weighted by atomic mass is 9.83. The van der Waals surface area contributed by atoms with Gasteiger partial charge in [0, 0.05) is 62.2 Å². The first-order valence-corrected chi connectivity index (χ1v) is 29.0. The maximum atomic E-state index is 14.8. The van der Waals surface area contributed by atoms with Crippen LogP contribution < -0.4 is 25.7 Å². The molecule has 3 aromatic rings. The van der Waals surface area contributed by atoms with Crippen molar-refractivity contribution in [3.05, 3.63) is 112 Å². The number of aliphatic hydroxyl groups is 1. The number of esters is 1. The number of fused-ring (bicyclic) bond motifs is 5. The summed E-state index contributed by atoms with van der Waals surface area (Å²) in [5.74, 6) is -5.43. The van der Waals surface area contributed by atoms with E-state index in [0.29, 0.717) is 49.1 Å². The van der Waals surface area contributed by atoms with E-state index in [1.54, 1.807) is 44.2 Å². The third-order valence-electron chi connectivity index (χ3n) is 14.6. The third kappa shape index (κ3) is 15.4. The van der Waals surface area contributed by atoms with E-state index in [9.17, 15) is 64.8 Å². The van der Waals surface area contributed by atoms with Gasteiger partial charge in [-0.2, -0.15) is 26.7 Å². The van der Waals surface area contributed by atoms with Gasteiger partial charge in [-0.05, 0) is 93.6 Å². The second-order valence-corrected chi connectivity index (χ2v) is 23.4. The highest BCUT2D eigenvalue weighted by Gasteiger charge is 2.64. The lowest BCUT2D eigenvalue weighted by molar-refractivity contribution is -0.151. The third-order valence-corrected chi connectivity index (χ3v) is 16.9. The van der Waals surface area contributed by atoms with Crippen molar-refractivity contribution < 1.29 is 88.5 Å². The number of alkyl halides is 3. The Labute approximate surface area is 490 Å². The van der Waals surface area contributed by atoms with Crippen molar-refractivity contribution in [2.24, 2.45) is 11.0 Å². The summed E-state index contributed by atoms with van der Waals surface area (Å²) < 4.78 is 108. The number of alkyl carbamates (subject to hydrolysis) is 1. The molecule has 28 heteroatoms. The van der Waals surface area contributed by atoms with Crippen LogP contribution in [0.2, 0.25) is 5.02 Å². The van der Waals surface area contributed by atoms with E-state index in [2.05, 4.69) is 21.2 Å². The first-order chi connectivity index (χ1) is 39.5. The van der Waals surface area contributed by atoms with E-state index < -0.39 is 133 Å². The number of halogens is 4. The summed E-state index contributed by atoms with van der Waals surface area (Å²) >= 11 is 7.25. The molecule has 3 aromatic carbocycles. The molecule has 7 atom stereocenters. The van der Waals surface area contributed by atoms with E-state index in [0.717, 1.165) is 40.8 Å². The maximum Gasteiger partial charge on any atom is 0.417 e. The summed E-state index contributed by atoms with van der Waals surface area (Å²) in [6, 6.07) is 9.37. The summed E-state index contributed by atoms with van der Waals surface area (Å²) in [4.78, 5) is 91.6. The topological polar surface area (TPSA) is 298 Å². The lowest BCUT2D eigenvalue weighted by Gasteiger charge is -2.42. The summed E-state index contributed by atoms with van der Waals surface area (Å²) in [6.07, 6.45) is -2.13. The number of thioether (sulfide) groups is 1. The van der Waals surface area contributed by atoms with E-state index in [1.165, 1.54) is 45.2 Å². The Hall–Kier alpha value is -7.14. The highest BCUT2D eigenvalue weighted by atomic mass is 35.5. The number of epoxide rings is 1. The zero-order valence-electron chi connectivity index (χ0n) is 46.5. The average molecular weight is 1230 g/mol. The number of benzene rings is 3. The Morgan fingerprint density at radius 2 is 1.74 bits per heavy atom. The van der Waals surface area contributed by atoms with E-state index in [1.807, 2.05) is 6.92 Å². The molecule has 452 valence electrons. The van der Waals surface area contributed by atoms with Gasteiger partial charge in [0.05, 0.1) is 47.9 Å². The van der Waals surface area contributed by atoms with Gasteiger partial charge < -0.3 is 39.0 Å². The number of amides is 6. The van der Waals surface area contributed by atoms with Crippen molar-refractivity contribution in [1.82, 2.24) is 15.6 Å². The number of nitrogens with zero attached hydrogens (tertiary/aromatic N) is 3. The van der Waals surface area contributed by atoms with Gasteiger partial charge in [0.15, 0.2) is 5.72 Å². The number of carbonyl (C=O) groups excluding carboxylic acids is 7. The molecule has 6 amide bonds. The van der Waals surface area contributed by atoms with Crippen LogP contribution in [0.25, 0.3) is 0 Å². The SMILES string of the molecule is COc1cc2cc(c1Cl)N(C)C(=O)C[C@H](OC(=O)CSc1ccc(/C(C)=N/NC(=O)c3ccc(NC(=O)CCCCCN4C(=O)C=CC4=O)cc3S(=O)(=O)O)cc1C(F)(F)F)[C@]1(C)O[C@H]1[C@H](C)[C@@H]1C[C@@](O)(NC(=O)O1)[C@H](OC)/C=C/C=C(\C)C2. The molecule has 2 saturated heterocycles. The predicted molar refractivity (Wildman–Crippen MR) is 300 cm³/mol. The lowest BCUT2D eigenvalue weighted by Crippen LogP contribution is -2.63. The molecular formula is C56H62ClF3N6O16S2. The maximum absolute atomic E-state index is 14.8. The van der Waals surface area contributed by atoms with Crippen LogP contribution in [-0.4, -0.2) is 140 Å². The van der Waals surface area contributed by atoms with Gasteiger partial charge in [-0.3, -0.25) is 43.5 Å². The average Bonchev–Trinajstić information content (AvgIpc) is 4.26. The van der Waals surface area contributed by atoms with Crippen molar-refractivity contribution in [3.63, 3.8) is 0 Å². The van der Waals surface area contributed by atoms with Gasteiger partial charge in [0.1, 0.15) is 39.6 Å². The molecule has 0 aromatic heterocycles. The van der Waals surface area contributed by atoms with Crippen LogP contribution in [0.5, 0.6) is 5.75 Å². The van der Waals surface area contributed by atoms with Crippen LogP contribution in [0.15, 0.2) is 99.4 Å². The van der Waals surface area contributed by atoms with Gasteiger partial charge in [-0.25, -0.2) is 10.2 Å². The molecule has 4 heterocycles. The molecule has 0 unspecified atom stereocenters. The van der Waals surface area contributed by atoms with Crippen LogP contribution in [0.1, 0.15) is 93.3 Å². The second-order valence-electron chi connectivity index (χ2n) is 20.6. The monoisotopic (exact) mass is 1230 g/mol. The molecule has 4 aliphatic rings. The normalized spacial score (nSPS) is 25.0. The molecule has 4 bridgehead atoms. The van der Waals surface area contributed by atoms with Crippen molar-refractivity contribution in [3.8, 4) is 5.75 Å². The number of carbonyl (C=O) groups is 7. The Morgan fingerprint density at radius 1 is 1.02 bits per heavy atom. The molecule has 0 aliphatic carbocycles. The molecule has 0 saturated carbocycles. The minimum absolute atomic E-state index is 0.0364. The number of hydrogen-bond donors (Lipinski definition) is 5. The van der Waals surface area contributed by atoms with E-state index in [-0.39, 0.29) is 52.8 Å². The van der Waals surface area contributed by atoms with Gasteiger partial charge in [-0.15, -0.1) is 11.8 Å². The largest absolute Gasteiger partial charge is 0.495 e. The Morgan fingerprint density at radius 3 is 2.40 bits per heavy atom. The Bertz CT molecular complexity index is 3340. The number of allylic oxidation sites excluding steroid dienone is 3. The molecule has 0 radical (unpaired) electrons. The summed E-state index contributed by atoms with van der Waals surface area (Å²) in [5.41, 5.74) is -1.87. The number of hydrazone groups is 1. The van der Waals surface area contributed by atoms with Crippen molar-refractivity contribution in [2.45, 2.75) is 124 Å². The summed E-state index contributed by atoms with van der Waals surface area (Å²) in [7, 11) is -0.891. The van der Waals surface area contributed by atoms with Crippen LogP contribution in [0, 0.1) is 5.92 Å². The first kappa shape index (κ1) is 64.4. The highest BCUT2D eigenvalue weighted by Crippen LogP contribution is 2.49. The van der Waals surface area contributed by atoms with Crippen molar-refractivity contribution in [2.75, 3.05) is 43.8 Å². The number of imide groups is 1. The van der Waals surface area contributed by atoms with Crippen LogP contribution in [-0.2, 0) is 65.6 Å². The molecule has 7 rings (SSSR count). The quantitative estimate of drug-likeness (QED) is 0.0129. The fraction of sp³-hybridized carbons (Fsp3) is 0.429. The first-order valence-electron chi connectivity index (χ1n) is 26.2. The molecule has 5 N–H and O–H groups in total. The summed E-state index contributed by atoms with van der Waals surface area (Å²) in [6.45, 7) is 6.51. The minimum Gasteiger partial charge on any atom is -0.495 e. The molecular weight excluding hydrogens is 1170 g/mol. The molecule has 0 spiro atoms. The van der Waals surface area contributed by atoms with Gasteiger partial charge in [0.2, 0.25) is 11.8 Å². The van der Waals surface area contributed by atoms with Crippen LogP contribution >= 0.6 is 23.4 Å². The van der Waals surface area contributed by atoms with E-state index in [4.69, 9.17) is 35.3 Å². The minimum atomic E-state index is -5.11. The Balaban J connectivity index is 1.05. The van der Waals surface area contributed by atoms with Crippen molar-refractivity contribution >= 4 is 92.2 Å². The van der Waals surface area contributed by atoms with Crippen LogP contribution in [0.3, 0.4) is 0 Å². The fourth-order valence-electron chi connectivity index (χ4n) is 9.90. The van der Waals surface area contributed by atoms with Gasteiger partial charge in [0.25, 0.3) is 27.8 Å². The number of ether oxygens (including phenoxy) is 5. The Kier molecular flexibility index (Phi) is 20.3.